The van der Waals surface area contributed by atoms with Crippen molar-refractivity contribution in [3.63, 3.8) is 0 Å². The van der Waals surface area contributed by atoms with E-state index in [1.165, 1.54) is 12.8 Å². The third-order valence-corrected chi connectivity index (χ3v) is 4.86. The lowest BCUT2D eigenvalue weighted by atomic mass is 10.1. The van der Waals surface area contributed by atoms with Gasteiger partial charge in [-0.2, -0.15) is 4.98 Å². The predicted octanol–water partition coefficient (Wildman–Crippen LogP) is 2.10. The maximum atomic E-state index is 4.64. The van der Waals surface area contributed by atoms with Gasteiger partial charge in [0, 0.05) is 58.0 Å². The van der Waals surface area contributed by atoms with E-state index in [2.05, 4.69) is 31.8 Å². The summed E-state index contributed by atoms with van der Waals surface area (Å²) in [5.74, 6) is 1.72. The number of likely N-dealkylation sites (N-methyl/N-ethyl adjacent to an activating group) is 1. The molecule has 3 heterocycles. The standard InChI is InChI=1S/C15H22N6S/c1-19(2)14-16-7-6-13(18-14)20(3)12-5-4-9-21(11-12)15-17-8-10-22-15/h6-8,10,12H,4-5,9,11H2,1-3H3. The van der Waals surface area contributed by atoms with Crippen LogP contribution in [0, 0.1) is 0 Å². The third-order valence-electron chi connectivity index (χ3n) is 4.02. The van der Waals surface area contributed by atoms with E-state index in [9.17, 15) is 0 Å². The Morgan fingerprint density at radius 2 is 2.09 bits per heavy atom. The zero-order chi connectivity index (χ0) is 15.5. The number of aromatic nitrogens is 3. The number of thiazole rings is 1. The zero-order valence-electron chi connectivity index (χ0n) is 13.3. The van der Waals surface area contributed by atoms with Crippen molar-refractivity contribution < 1.29 is 0 Å². The molecule has 1 atom stereocenters. The summed E-state index contributed by atoms with van der Waals surface area (Å²) in [6, 6.07) is 2.43. The Labute approximate surface area is 135 Å². The quantitative estimate of drug-likeness (QED) is 0.860. The van der Waals surface area contributed by atoms with Gasteiger partial charge in [0.05, 0.1) is 0 Å². The number of nitrogens with zero attached hydrogens (tertiary/aromatic N) is 6. The minimum Gasteiger partial charge on any atom is -0.355 e. The average Bonchev–Trinajstić information content (AvgIpc) is 3.09. The fraction of sp³-hybridized carbons (Fsp3) is 0.533. The molecule has 0 spiro atoms. The molecule has 2 aromatic heterocycles. The molecule has 6 nitrogen and oxygen atoms in total. The van der Waals surface area contributed by atoms with Gasteiger partial charge < -0.3 is 14.7 Å². The SMILES string of the molecule is CN(C)c1nccc(N(C)C2CCCN(c3nccs3)C2)n1. The summed E-state index contributed by atoms with van der Waals surface area (Å²) < 4.78 is 0. The lowest BCUT2D eigenvalue weighted by Gasteiger charge is -2.38. The fourth-order valence-corrected chi connectivity index (χ4v) is 3.43. The summed E-state index contributed by atoms with van der Waals surface area (Å²) in [7, 11) is 6.05. The van der Waals surface area contributed by atoms with Gasteiger partial charge in [-0.25, -0.2) is 9.97 Å². The van der Waals surface area contributed by atoms with Crippen molar-refractivity contribution in [1.29, 1.82) is 0 Å². The maximum Gasteiger partial charge on any atom is 0.226 e. The molecule has 0 N–H and O–H groups in total. The van der Waals surface area contributed by atoms with Gasteiger partial charge >= 0.3 is 0 Å². The Hall–Kier alpha value is -1.89. The Bertz CT molecular complexity index is 600. The van der Waals surface area contributed by atoms with Crippen LogP contribution in [0.3, 0.4) is 0 Å². The molecular weight excluding hydrogens is 296 g/mol. The van der Waals surface area contributed by atoms with E-state index in [0.29, 0.717) is 6.04 Å². The summed E-state index contributed by atoms with van der Waals surface area (Å²) in [6.45, 7) is 2.08. The fourth-order valence-electron chi connectivity index (χ4n) is 2.75. The lowest BCUT2D eigenvalue weighted by molar-refractivity contribution is 0.485. The van der Waals surface area contributed by atoms with Gasteiger partial charge in [0.2, 0.25) is 5.95 Å². The first-order valence-electron chi connectivity index (χ1n) is 7.53. The van der Waals surface area contributed by atoms with E-state index >= 15 is 0 Å². The summed E-state index contributed by atoms with van der Waals surface area (Å²) in [4.78, 5) is 20.0. The molecule has 1 aliphatic heterocycles. The molecule has 0 aromatic carbocycles. The van der Waals surface area contributed by atoms with Gasteiger partial charge in [-0.15, -0.1) is 11.3 Å². The second kappa shape index (κ2) is 6.48. The molecule has 0 aliphatic carbocycles. The van der Waals surface area contributed by atoms with Crippen molar-refractivity contribution in [3.8, 4) is 0 Å². The Morgan fingerprint density at radius 3 is 2.82 bits per heavy atom. The smallest absolute Gasteiger partial charge is 0.226 e. The minimum atomic E-state index is 0.447. The van der Waals surface area contributed by atoms with Gasteiger partial charge in [0.1, 0.15) is 5.82 Å². The van der Waals surface area contributed by atoms with Crippen LogP contribution in [0.15, 0.2) is 23.8 Å². The van der Waals surface area contributed by atoms with Gasteiger partial charge in [-0.3, -0.25) is 0 Å². The topological polar surface area (TPSA) is 48.4 Å². The molecule has 2 aromatic rings. The summed E-state index contributed by atoms with van der Waals surface area (Å²) in [5.41, 5.74) is 0. The molecule has 0 amide bonds. The highest BCUT2D eigenvalue weighted by Crippen LogP contribution is 2.25. The van der Waals surface area contributed by atoms with Crippen molar-refractivity contribution in [2.75, 3.05) is 48.9 Å². The molecule has 3 rings (SSSR count). The van der Waals surface area contributed by atoms with Crippen LogP contribution >= 0.6 is 11.3 Å². The number of hydrogen-bond acceptors (Lipinski definition) is 7. The molecule has 0 bridgehead atoms. The normalized spacial score (nSPS) is 18.3. The Balaban J connectivity index is 1.74. The van der Waals surface area contributed by atoms with E-state index < -0.39 is 0 Å². The van der Waals surface area contributed by atoms with Crippen molar-refractivity contribution in [2.24, 2.45) is 0 Å². The maximum absolute atomic E-state index is 4.64. The van der Waals surface area contributed by atoms with Crippen molar-refractivity contribution in [2.45, 2.75) is 18.9 Å². The molecule has 7 heteroatoms. The number of hydrogen-bond donors (Lipinski definition) is 0. The molecular formula is C15H22N6S. The molecule has 22 heavy (non-hydrogen) atoms. The molecule has 1 fully saturated rings. The van der Waals surface area contributed by atoms with E-state index in [1.807, 2.05) is 42.8 Å². The number of piperidine rings is 1. The monoisotopic (exact) mass is 318 g/mol. The van der Waals surface area contributed by atoms with Crippen LogP contribution < -0.4 is 14.7 Å². The van der Waals surface area contributed by atoms with Crippen LogP contribution in [0.2, 0.25) is 0 Å². The van der Waals surface area contributed by atoms with Crippen LogP contribution in [-0.4, -0.2) is 55.2 Å². The average molecular weight is 318 g/mol. The molecule has 1 saturated heterocycles. The first-order valence-corrected chi connectivity index (χ1v) is 8.41. The first-order chi connectivity index (χ1) is 10.6. The summed E-state index contributed by atoms with van der Waals surface area (Å²) in [6.07, 6.45) is 6.07. The van der Waals surface area contributed by atoms with E-state index in [0.717, 1.165) is 30.0 Å². The van der Waals surface area contributed by atoms with Crippen LogP contribution in [0.5, 0.6) is 0 Å². The van der Waals surface area contributed by atoms with Gasteiger partial charge in [0.15, 0.2) is 5.13 Å². The van der Waals surface area contributed by atoms with Gasteiger partial charge in [-0.1, -0.05) is 0 Å². The Kier molecular flexibility index (Phi) is 4.42. The van der Waals surface area contributed by atoms with Crippen LogP contribution in [0.4, 0.5) is 16.9 Å². The van der Waals surface area contributed by atoms with Crippen LogP contribution in [-0.2, 0) is 0 Å². The Morgan fingerprint density at radius 1 is 1.23 bits per heavy atom. The highest BCUT2D eigenvalue weighted by molar-refractivity contribution is 7.13. The first kappa shape index (κ1) is 15.0. The molecule has 0 saturated carbocycles. The van der Waals surface area contributed by atoms with E-state index in [1.54, 1.807) is 11.3 Å². The third kappa shape index (κ3) is 3.14. The highest BCUT2D eigenvalue weighted by atomic mass is 32.1. The number of rotatable bonds is 4. The zero-order valence-corrected chi connectivity index (χ0v) is 14.1. The van der Waals surface area contributed by atoms with Crippen molar-refractivity contribution >= 4 is 28.2 Å². The van der Waals surface area contributed by atoms with Crippen LogP contribution in [0.1, 0.15) is 12.8 Å². The highest BCUT2D eigenvalue weighted by Gasteiger charge is 2.25. The van der Waals surface area contributed by atoms with Crippen molar-refractivity contribution in [3.05, 3.63) is 23.8 Å². The second-order valence-electron chi connectivity index (χ2n) is 5.78. The van der Waals surface area contributed by atoms with E-state index in [4.69, 9.17) is 0 Å². The van der Waals surface area contributed by atoms with Gasteiger partial charge in [-0.05, 0) is 18.9 Å². The van der Waals surface area contributed by atoms with E-state index in [-0.39, 0.29) is 0 Å². The molecule has 1 aliphatic rings. The van der Waals surface area contributed by atoms with Crippen molar-refractivity contribution in [1.82, 2.24) is 15.0 Å². The lowest BCUT2D eigenvalue weighted by Crippen LogP contribution is -2.47. The summed E-state index contributed by atoms with van der Waals surface area (Å²) in [5, 5.41) is 3.16. The van der Waals surface area contributed by atoms with Crippen LogP contribution in [0.25, 0.3) is 0 Å². The minimum absolute atomic E-state index is 0.447. The largest absolute Gasteiger partial charge is 0.355 e. The van der Waals surface area contributed by atoms with Gasteiger partial charge in [0.25, 0.3) is 0 Å². The molecule has 1 unspecified atom stereocenters. The molecule has 118 valence electrons. The predicted molar refractivity (Wildman–Crippen MR) is 92.1 cm³/mol. The second-order valence-corrected chi connectivity index (χ2v) is 6.65. The molecule has 0 radical (unpaired) electrons. The number of anilines is 3. The summed E-state index contributed by atoms with van der Waals surface area (Å²) >= 11 is 1.71.